The zero-order valence-electron chi connectivity index (χ0n) is 10.7. The number of aromatic nitrogens is 1. The Hall–Kier alpha value is -0.450. The first-order valence-corrected chi connectivity index (χ1v) is 7.55. The number of thiazole rings is 1. The molecule has 0 aromatic carbocycles. The van der Waals surface area contributed by atoms with Gasteiger partial charge in [0, 0.05) is 24.4 Å². The Bertz CT molecular complexity index is 337. The lowest BCUT2D eigenvalue weighted by atomic mass is 10.1. The van der Waals surface area contributed by atoms with Crippen molar-refractivity contribution in [2.75, 3.05) is 13.1 Å². The van der Waals surface area contributed by atoms with Crippen LogP contribution in [0.4, 0.5) is 0 Å². The number of rotatable bonds is 4. The number of hydrogen-bond acceptors (Lipinski definition) is 4. The van der Waals surface area contributed by atoms with E-state index in [-0.39, 0.29) is 0 Å². The lowest BCUT2D eigenvalue weighted by Crippen LogP contribution is -2.32. The van der Waals surface area contributed by atoms with Gasteiger partial charge in [0.25, 0.3) is 0 Å². The zero-order valence-corrected chi connectivity index (χ0v) is 11.5. The van der Waals surface area contributed by atoms with E-state index in [2.05, 4.69) is 22.2 Å². The molecule has 17 heavy (non-hydrogen) atoms. The van der Waals surface area contributed by atoms with Crippen LogP contribution in [0.5, 0.6) is 0 Å². The van der Waals surface area contributed by atoms with Crippen LogP contribution in [-0.2, 0) is 13.0 Å². The van der Waals surface area contributed by atoms with E-state index in [1.165, 1.54) is 42.9 Å². The van der Waals surface area contributed by atoms with Gasteiger partial charge in [0.15, 0.2) is 0 Å². The van der Waals surface area contributed by atoms with Gasteiger partial charge in [0.2, 0.25) is 0 Å². The molecule has 1 fully saturated rings. The normalized spacial score (nSPS) is 22.6. The topological polar surface area (TPSA) is 42.1 Å². The molecule has 0 saturated carbocycles. The monoisotopic (exact) mass is 253 g/mol. The lowest BCUT2D eigenvalue weighted by molar-refractivity contribution is 0.203. The van der Waals surface area contributed by atoms with Gasteiger partial charge < -0.3 is 5.73 Å². The molecule has 1 aromatic rings. The predicted molar refractivity (Wildman–Crippen MR) is 73.2 cm³/mol. The van der Waals surface area contributed by atoms with E-state index in [1.54, 1.807) is 11.3 Å². The minimum absolute atomic E-state index is 0.701. The Balaban J connectivity index is 1.93. The Morgan fingerprint density at radius 2 is 2.35 bits per heavy atom. The van der Waals surface area contributed by atoms with Gasteiger partial charge in [0.1, 0.15) is 0 Å². The van der Waals surface area contributed by atoms with E-state index in [0.29, 0.717) is 12.6 Å². The van der Waals surface area contributed by atoms with E-state index in [0.717, 1.165) is 13.0 Å². The Morgan fingerprint density at radius 1 is 1.47 bits per heavy atom. The van der Waals surface area contributed by atoms with Crippen LogP contribution >= 0.6 is 11.3 Å². The second-order valence-electron chi connectivity index (χ2n) is 4.94. The molecule has 2 N–H and O–H groups in total. The summed E-state index contributed by atoms with van der Waals surface area (Å²) < 4.78 is 0. The van der Waals surface area contributed by atoms with Gasteiger partial charge >= 0.3 is 0 Å². The average Bonchev–Trinajstić information content (AvgIpc) is 2.65. The van der Waals surface area contributed by atoms with Crippen molar-refractivity contribution >= 4 is 11.3 Å². The van der Waals surface area contributed by atoms with Crippen LogP contribution < -0.4 is 5.73 Å². The summed E-state index contributed by atoms with van der Waals surface area (Å²) >= 11 is 1.75. The summed E-state index contributed by atoms with van der Waals surface area (Å²) in [6.45, 7) is 5.29. The van der Waals surface area contributed by atoms with Crippen molar-refractivity contribution in [2.24, 2.45) is 5.73 Å². The van der Waals surface area contributed by atoms with Gasteiger partial charge in [-0.1, -0.05) is 12.8 Å². The molecule has 2 heterocycles. The summed E-state index contributed by atoms with van der Waals surface area (Å²) in [5, 5.41) is 3.38. The second kappa shape index (κ2) is 6.47. The summed E-state index contributed by atoms with van der Waals surface area (Å²) in [5.74, 6) is 0. The van der Waals surface area contributed by atoms with Crippen molar-refractivity contribution in [1.82, 2.24) is 9.88 Å². The first-order chi connectivity index (χ1) is 8.29. The van der Waals surface area contributed by atoms with Gasteiger partial charge in [-0.2, -0.15) is 0 Å². The summed E-state index contributed by atoms with van der Waals surface area (Å²) in [4.78, 5) is 7.23. The SMILES string of the molecule is CC1CCCCCN1Cc1csc(CCN)n1. The van der Waals surface area contributed by atoms with Crippen LogP contribution in [0.1, 0.15) is 43.3 Å². The van der Waals surface area contributed by atoms with Crippen LogP contribution in [0.3, 0.4) is 0 Å². The molecule has 0 spiro atoms. The third-order valence-electron chi connectivity index (χ3n) is 3.51. The molecule has 0 bridgehead atoms. The maximum Gasteiger partial charge on any atom is 0.0941 e. The van der Waals surface area contributed by atoms with Gasteiger partial charge in [-0.05, 0) is 32.9 Å². The van der Waals surface area contributed by atoms with Crippen molar-refractivity contribution in [3.05, 3.63) is 16.1 Å². The number of likely N-dealkylation sites (tertiary alicyclic amines) is 1. The molecule has 4 heteroatoms. The fraction of sp³-hybridized carbons (Fsp3) is 0.769. The van der Waals surface area contributed by atoms with Crippen molar-refractivity contribution in [3.8, 4) is 0 Å². The van der Waals surface area contributed by atoms with Crippen LogP contribution in [0.15, 0.2) is 5.38 Å². The van der Waals surface area contributed by atoms with E-state index in [1.807, 2.05) is 0 Å². The van der Waals surface area contributed by atoms with E-state index >= 15 is 0 Å². The molecule has 1 unspecified atom stereocenters. The van der Waals surface area contributed by atoms with E-state index in [4.69, 9.17) is 5.73 Å². The molecular weight excluding hydrogens is 230 g/mol. The number of nitrogens with zero attached hydrogens (tertiary/aromatic N) is 2. The smallest absolute Gasteiger partial charge is 0.0941 e. The molecule has 96 valence electrons. The second-order valence-corrected chi connectivity index (χ2v) is 5.88. The van der Waals surface area contributed by atoms with Gasteiger partial charge in [-0.15, -0.1) is 11.3 Å². The summed E-state index contributed by atoms with van der Waals surface area (Å²) in [6, 6.07) is 0.706. The number of nitrogens with two attached hydrogens (primary N) is 1. The summed E-state index contributed by atoms with van der Waals surface area (Å²) in [6.07, 6.45) is 6.35. The largest absolute Gasteiger partial charge is 0.330 e. The third-order valence-corrected chi connectivity index (χ3v) is 4.47. The zero-order chi connectivity index (χ0) is 12.1. The molecule has 0 radical (unpaired) electrons. The number of hydrogen-bond donors (Lipinski definition) is 1. The van der Waals surface area contributed by atoms with Crippen LogP contribution in [0.2, 0.25) is 0 Å². The fourth-order valence-electron chi connectivity index (χ4n) is 2.44. The lowest BCUT2D eigenvalue weighted by Gasteiger charge is -2.25. The van der Waals surface area contributed by atoms with E-state index in [9.17, 15) is 0 Å². The summed E-state index contributed by atoms with van der Waals surface area (Å²) in [5.41, 5.74) is 6.78. The fourth-order valence-corrected chi connectivity index (χ4v) is 3.24. The molecule has 1 aromatic heterocycles. The molecule has 0 aliphatic carbocycles. The predicted octanol–water partition coefficient (Wildman–Crippen LogP) is 2.41. The highest BCUT2D eigenvalue weighted by Crippen LogP contribution is 2.19. The Labute approximate surface area is 108 Å². The minimum atomic E-state index is 0.701. The van der Waals surface area contributed by atoms with Crippen LogP contribution in [-0.4, -0.2) is 29.0 Å². The molecular formula is C13H23N3S. The van der Waals surface area contributed by atoms with Gasteiger partial charge in [0.05, 0.1) is 10.7 Å². The minimum Gasteiger partial charge on any atom is -0.330 e. The standard InChI is InChI=1S/C13H23N3S/c1-11-5-3-2-4-8-16(11)9-12-10-17-13(15-12)6-7-14/h10-11H,2-9,14H2,1H3. The maximum absolute atomic E-state index is 5.55. The van der Waals surface area contributed by atoms with Crippen LogP contribution in [0.25, 0.3) is 0 Å². The molecule has 1 saturated heterocycles. The van der Waals surface area contributed by atoms with Crippen molar-refractivity contribution in [3.63, 3.8) is 0 Å². The quantitative estimate of drug-likeness (QED) is 0.896. The van der Waals surface area contributed by atoms with Crippen molar-refractivity contribution in [2.45, 2.75) is 51.6 Å². The van der Waals surface area contributed by atoms with Gasteiger partial charge in [-0.25, -0.2) is 4.98 Å². The molecule has 1 atom stereocenters. The highest BCUT2D eigenvalue weighted by atomic mass is 32.1. The molecule has 1 aliphatic heterocycles. The molecule has 1 aliphatic rings. The first kappa shape index (κ1) is 13.0. The van der Waals surface area contributed by atoms with Crippen molar-refractivity contribution in [1.29, 1.82) is 0 Å². The van der Waals surface area contributed by atoms with Gasteiger partial charge in [-0.3, -0.25) is 4.90 Å². The summed E-state index contributed by atoms with van der Waals surface area (Å²) in [7, 11) is 0. The highest BCUT2D eigenvalue weighted by Gasteiger charge is 2.17. The molecule has 0 amide bonds. The Kier molecular flexibility index (Phi) is 4.95. The average molecular weight is 253 g/mol. The maximum atomic E-state index is 5.55. The highest BCUT2D eigenvalue weighted by molar-refractivity contribution is 7.09. The van der Waals surface area contributed by atoms with E-state index < -0.39 is 0 Å². The van der Waals surface area contributed by atoms with Crippen LogP contribution in [0, 0.1) is 0 Å². The third kappa shape index (κ3) is 3.76. The molecule has 2 rings (SSSR count). The van der Waals surface area contributed by atoms with Crippen molar-refractivity contribution < 1.29 is 0 Å². The Morgan fingerprint density at radius 3 is 3.18 bits per heavy atom. The molecule has 3 nitrogen and oxygen atoms in total. The first-order valence-electron chi connectivity index (χ1n) is 6.67.